The highest BCUT2D eigenvalue weighted by atomic mass is 32.1. The zero-order valence-corrected chi connectivity index (χ0v) is 7.75. The molecule has 0 aliphatic rings. The van der Waals surface area contributed by atoms with Crippen LogP contribution in [-0.2, 0) is 0 Å². The van der Waals surface area contributed by atoms with Crippen LogP contribution >= 0.6 is 11.3 Å². The highest BCUT2D eigenvalue weighted by molar-refractivity contribution is 7.19. The third-order valence-corrected chi connectivity index (χ3v) is 3.04. The highest BCUT2D eigenvalue weighted by Crippen LogP contribution is 2.35. The fraction of sp³-hybridized carbons (Fsp3) is 0.111. The summed E-state index contributed by atoms with van der Waals surface area (Å²) in [6.45, 7) is 0. The topological polar surface area (TPSA) is 26.0 Å². The minimum atomic E-state index is -2.56. The molecule has 0 amide bonds. The Morgan fingerprint density at radius 3 is 2.64 bits per heavy atom. The van der Waals surface area contributed by atoms with Crippen molar-refractivity contribution in [2.75, 3.05) is 5.73 Å². The summed E-state index contributed by atoms with van der Waals surface area (Å²) in [5, 5.41) is 0.469. The third-order valence-electron chi connectivity index (χ3n) is 1.89. The molecule has 0 radical (unpaired) electrons. The van der Waals surface area contributed by atoms with E-state index in [1.165, 1.54) is 18.2 Å². The Hall–Kier alpha value is -1.23. The normalized spacial score (nSPS) is 11.4. The summed E-state index contributed by atoms with van der Waals surface area (Å²) in [5.74, 6) is -0.612. The van der Waals surface area contributed by atoms with E-state index in [-0.39, 0.29) is 15.3 Å². The number of rotatable bonds is 1. The Bertz CT molecular complexity index is 478. The van der Waals surface area contributed by atoms with E-state index in [9.17, 15) is 13.2 Å². The average Bonchev–Trinajstić information content (AvgIpc) is 2.56. The molecule has 1 aromatic carbocycles. The Morgan fingerprint density at radius 1 is 1.29 bits per heavy atom. The van der Waals surface area contributed by atoms with Gasteiger partial charge in [-0.3, -0.25) is 0 Å². The van der Waals surface area contributed by atoms with Crippen LogP contribution in [0.15, 0.2) is 18.2 Å². The van der Waals surface area contributed by atoms with Gasteiger partial charge in [0.2, 0.25) is 0 Å². The van der Waals surface area contributed by atoms with Gasteiger partial charge in [0.1, 0.15) is 0 Å². The van der Waals surface area contributed by atoms with Crippen molar-refractivity contribution < 1.29 is 13.2 Å². The Morgan fingerprint density at radius 2 is 2.00 bits per heavy atom. The van der Waals surface area contributed by atoms with Gasteiger partial charge in [-0.1, -0.05) is 6.07 Å². The zero-order chi connectivity index (χ0) is 10.3. The lowest BCUT2D eigenvalue weighted by atomic mass is 10.2. The maximum Gasteiger partial charge on any atom is 0.272 e. The Labute approximate surface area is 82.0 Å². The summed E-state index contributed by atoms with van der Waals surface area (Å²) in [5.41, 5.74) is 5.30. The van der Waals surface area contributed by atoms with Gasteiger partial charge in [-0.15, -0.1) is 11.3 Å². The van der Waals surface area contributed by atoms with E-state index in [1.807, 2.05) is 0 Å². The number of thiophene rings is 1. The summed E-state index contributed by atoms with van der Waals surface area (Å²) in [6, 6.07) is 4.20. The number of halogens is 3. The zero-order valence-electron chi connectivity index (χ0n) is 6.93. The van der Waals surface area contributed by atoms with Crippen molar-refractivity contribution >= 4 is 27.1 Å². The van der Waals surface area contributed by atoms with Crippen LogP contribution in [0.3, 0.4) is 0 Å². The summed E-state index contributed by atoms with van der Waals surface area (Å²) in [4.78, 5) is -0.135. The number of nitrogen functional groups attached to an aromatic ring is 1. The van der Waals surface area contributed by atoms with Crippen LogP contribution in [-0.4, -0.2) is 0 Å². The van der Waals surface area contributed by atoms with Crippen LogP contribution in [0.5, 0.6) is 0 Å². The molecule has 1 heterocycles. The molecular formula is C9H6F3NS. The average molecular weight is 217 g/mol. The van der Waals surface area contributed by atoms with Crippen LogP contribution < -0.4 is 5.73 Å². The van der Waals surface area contributed by atoms with Crippen LogP contribution in [0.1, 0.15) is 11.3 Å². The second-order valence-electron chi connectivity index (χ2n) is 2.84. The van der Waals surface area contributed by atoms with Crippen LogP contribution in [0.2, 0.25) is 0 Å². The lowest BCUT2D eigenvalue weighted by molar-refractivity contribution is 0.156. The van der Waals surface area contributed by atoms with Gasteiger partial charge in [-0.2, -0.15) is 0 Å². The molecule has 2 N–H and O–H groups in total. The molecule has 74 valence electrons. The smallest absolute Gasteiger partial charge is 0.272 e. The summed E-state index contributed by atoms with van der Waals surface area (Å²) in [6.07, 6.45) is -2.56. The van der Waals surface area contributed by atoms with Crippen LogP contribution in [0.4, 0.5) is 18.9 Å². The van der Waals surface area contributed by atoms with Gasteiger partial charge in [-0.05, 0) is 17.5 Å². The number of alkyl halides is 2. The Balaban J connectivity index is 2.71. The summed E-state index contributed by atoms with van der Waals surface area (Å²) >= 11 is 0.741. The molecule has 0 saturated carbocycles. The molecule has 0 unspecified atom stereocenters. The van der Waals surface area contributed by atoms with E-state index in [4.69, 9.17) is 5.73 Å². The van der Waals surface area contributed by atoms with Crippen LogP contribution in [0.25, 0.3) is 10.1 Å². The van der Waals surface area contributed by atoms with Crippen molar-refractivity contribution in [1.82, 2.24) is 0 Å². The van der Waals surface area contributed by atoms with Gasteiger partial charge in [0.15, 0.2) is 5.82 Å². The minimum Gasteiger partial charge on any atom is -0.396 e. The van der Waals surface area contributed by atoms with E-state index in [1.54, 1.807) is 0 Å². The maximum absolute atomic E-state index is 13.3. The summed E-state index contributed by atoms with van der Waals surface area (Å²) in [7, 11) is 0. The van der Waals surface area contributed by atoms with Gasteiger partial charge in [0.25, 0.3) is 6.43 Å². The largest absolute Gasteiger partial charge is 0.396 e. The van der Waals surface area contributed by atoms with E-state index in [2.05, 4.69) is 0 Å². The molecule has 1 nitrogen and oxygen atoms in total. The molecule has 0 fully saturated rings. The lowest BCUT2D eigenvalue weighted by Crippen LogP contribution is -1.88. The molecule has 1 aromatic heterocycles. The predicted molar refractivity (Wildman–Crippen MR) is 51.2 cm³/mol. The van der Waals surface area contributed by atoms with Crippen molar-refractivity contribution in [1.29, 1.82) is 0 Å². The van der Waals surface area contributed by atoms with Crippen molar-refractivity contribution in [2.24, 2.45) is 0 Å². The molecule has 2 rings (SSSR count). The lowest BCUT2D eigenvalue weighted by Gasteiger charge is -1.95. The number of benzene rings is 1. The van der Waals surface area contributed by atoms with Crippen molar-refractivity contribution in [3.05, 3.63) is 28.9 Å². The second kappa shape index (κ2) is 3.16. The van der Waals surface area contributed by atoms with Crippen LogP contribution in [0, 0.1) is 5.82 Å². The van der Waals surface area contributed by atoms with Crippen molar-refractivity contribution in [3.8, 4) is 0 Å². The predicted octanol–water partition coefficient (Wildman–Crippen LogP) is 3.56. The van der Waals surface area contributed by atoms with Crippen molar-refractivity contribution in [3.63, 3.8) is 0 Å². The molecule has 5 heteroatoms. The fourth-order valence-corrected chi connectivity index (χ4v) is 2.17. The molecule has 0 atom stereocenters. The van der Waals surface area contributed by atoms with Gasteiger partial charge in [-0.25, -0.2) is 13.2 Å². The van der Waals surface area contributed by atoms with E-state index in [0.717, 1.165) is 11.3 Å². The molecule has 0 spiro atoms. The van der Waals surface area contributed by atoms with Crippen molar-refractivity contribution in [2.45, 2.75) is 6.43 Å². The fourth-order valence-electron chi connectivity index (χ4n) is 1.21. The first kappa shape index (κ1) is 9.33. The molecule has 14 heavy (non-hydrogen) atoms. The highest BCUT2D eigenvalue weighted by Gasteiger charge is 2.14. The molecule has 0 bridgehead atoms. The number of nitrogens with two attached hydrogens (primary N) is 1. The minimum absolute atomic E-state index is 0.0137. The van der Waals surface area contributed by atoms with E-state index in [0.29, 0.717) is 5.39 Å². The SMILES string of the molecule is Nc1ccc2cc(C(F)F)sc2c1F. The molecule has 0 aliphatic carbocycles. The van der Waals surface area contributed by atoms with Gasteiger partial charge in [0, 0.05) is 0 Å². The molecule has 0 aliphatic heterocycles. The monoisotopic (exact) mass is 217 g/mol. The molecule has 0 saturated heterocycles. The molecule has 2 aromatic rings. The van der Waals surface area contributed by atoms with E-state index < -0.39 is 12.2 Å². The van der Waals surface area contributed by atoms with Gasteiger partial charge in [0.05, 0.1) is 15.3 Å². The second-order valence-corrected chi connectivity index (χ2v) is 3.92. The maximum atomic E-state index is 13.3. The van der Waals surface area contributed by atoms with Gasteiger partial charge < -0.3 is 5.73 Å². The van der Waals surface area contributed by atoms with E-state index >= 15 is 0 Å². The number of fused-ring (bicyclic) bond motifs is 1. The first-order valence-electron chi connectivity index (χ1n) is 3.85. The number of anilines is 1. The first-order chi connectivity index (χ1) is 6.59. The number of hydrogen-bond donors (Lipinski definition) is 1. The number of hydrogen-bond acceptors (Lipinski definition) is 2. The third kappa shape index (κ3) is 1.33. The standard InChI is InChI=1S/C9H6F3NS/c10-7-5(13)2-1-4-3-6(9(11)12)14-8(4)7/h1-3,9H,13H2. The van der Waals surface area contributed by atoms with Gasteiger partial charge >= 0.3 is 0 Å². The first-order valence-corrected chi connectivity index (χ1v) is 4.67. The Kier molecular flexibility index (Phi) is 2.11. The quantitative estimate of drug-likeness (QED) is 0.726. The summed E-state index contributed by atoms with van der Waals surface area (Å²) < 4.78 is 38.1. The molecular weight excluding hydrogens is 211 g/mol.